The predicted octanol–water partition coefficient (Wildman–Crippen LogP) is 2.70. The third kappa shape index (κ3) is 5.39. The number of amides is 1. The molecule has 132 valence electrons. The fourth-order valence-electron chi connectivity index (χ4n) is 2.37. The molecular weight excluding hydrogens is 327 g/mol. The van der Waals surface area contributed by atoms with Gasteiger partial charge in [0.05, 0.1) is 17.3 Å². The van der Waals surface area contributed by atoms with Crippen molar-refractivity contribution in [1.29, 1.82) is 0 Å². The van der Waals surface area contributed by atoms with Crippen molar-refractivity contribution in [2.24, 2.45) is 5.16 Å². The summed E-state index contributed by atoms with van der Waals surface area (Å²) in [7, 11) is 1.45. The van der Waals surface area contributed by atoms with Crippen molar-refractivity contribution in [3.63, 3.8) is 0 Å². The molecular formula is C15H18F3N3O3. The van der Waals surface area contributed by atoms with Gasteiger partial charge >= 0.3 is 6.18 Å². The fraction of sp³-hybridized carbons (Fsp3) is 0.533. The summed E-state index contributed by atoms with van der Waals surface area (Å²) in [5, 5.41) is 6.77. The lowest BCUT2D eigenvalue weighted by Gasteiger charge is -2.24. The number of hydrogen-bond acceptors (Lipinski definition) is 5. The smallest absolute Gasteiger partial charge is 0.422 e. The zero-order valence-electron chi connectivity index (χ0n) is 13.1. The molecule has 1 saturated carbocycles. The number of aromatic nitrogens is 1. The Hall–Kier alpha value is -2.32. The number of nitrogens with zero attached hydrogens (tertiary/aromatic N) is 2. The van der Waals surface area contributed by atoms with Gasteiger partial charge < -0.3 is 14.9 Å². The Balaban J connectivity index is 1.95. The van der Waals surface area contributed by atoms with Crippen LogP contribution in [0.25, 0.3) is 0 Å². The number of carbonyl (C=O) groups excluding carboxylic acids is 1. The minimum absolute atomic E-state index is 0.192. The van der Waals surface area contributed by atoms with Crippen LogP contribution in [0.2, 0.25) is 0 Å². The second-order valence-corrected chi connectivity index (χ2v) is 5.33. The molecule has 0 bridgehead atoms. The van der Waals surface area contributed by atoms with Crippen LogP contribution in [0.4, 0.5) is 13.2 Å². The number of alkyl halides is 3. The van der Waals surface area contributed by atoms with Crippen LogP contribution >= 0.6 is 0 Å². The minimum atomic E-state index is -4.43. The van der Waals surface area contributed by atoms with Gasteiger partial charge in [0.2, 0.25) is 5.88 Å². The van der Waals surface area contributed by atoms with Crippen LogP contribution in [0.15, 0.2) is 23.5 Å². The van der Waals surface area contributed by atoms with Crippen molar-refractivity contribution in [2.75, 3.05) is 13.7 Å². The second-order valence-electron chi connectivity index (χ2n) is 5.33. The van der Waals surface area contributed by atoms with Crippen LogP contribution in [0, 0.1) is 0 Å². The molecule has 1 fully saturated rings. The summed E-state index contributed by atoms with van der Waals surface area (Å²) in [5.74, 6) is -0.566. The van der Waals surface area contributed by atoms with Gasteiger partial charge in [-0.25, -0.2) is 4.98 Å². The molecule has 1 N–H and O–H groups in total. The number of hydrogen-bond donors (Lipinski definition) is 1. The number of oxime groups is 1. The van der Waals surface area contributed by atoms with Gasteiger partial charge in [-0.2, -0.15) is 13.2 Å². The summed E-state index contributed by atoms with van der Waals surface area (Å²) >= 11 is 0. The first kappa shape index (κ1) is 18.0. The maximum Gasteiger partial charge on any atom is 0.422 e. The molecule has 0 unspecified atom stereocenters. The van der Waals surface area contributed by atoms with E-state index < -0.39 is 12.8 Å². The van der Waals surface area contributed by atoms with Gasteiger partial charge in [-0.3, -0.25) is 4.79 Å². The molecule has 1 aromatic heterocycles. The molecule has 6 nitrogen and oxygen atoms in total. The third-order valence-electron chi connectivity index (χ3n) is 3.47. The maximum absolute atomic E-state index is 12.2. The van der Waals surface area contributed by atoms with Gasteiger partial charge in [0.25, 0.3) is 5.91 Å². The van der Waals surface area contributed by atoms with Gasteiger partial charge in [0.1, 0.15) is 7.11 Å². The van der Waals surface area contributed by atoms with Crippen LogP contribution in [-0.2, 0) is 4.84 Å². The number of pyridine rings is 1. The normalized spacial score (nSPS) is 19.8. The van der Waals surface area contributed by atoms with E-state index in [2.05, 4.69) is 20.2 Å². The number of carbonyl (C=O) groups is 1. The molecule has 0 aliphatic heterocycles. The van der Waals surface area contributed by atoms with E-state index in [1.165, 1.54) is 25.4 Å². The third-order valence-corrected chi connectivity index (χ3v) is 3.47. The van der Waals surface area contributed by atoms with Crippen LogP contribution in [0.3, 0.4) is 0 Å². The standard InChI is InChI=1S/C15H18F3N3O3/c1-23-21-12-5-3-2-4-11(12)20-14(22)10-6-7-13(19-8-10)24-9-15(16,17)18/h6-8,11H,2-5,9H2,1H3,(H,20,22)/t11-/m0/s1. The van der Waals surface area contributed by atoms with E-state index in [4.69, 9.17) is 4.84 Å². The van der Waals surface area contributed by atoms with Gasteiger partial charge in [-0.15, -0.1) is 0 Å². The average Bonchev–Trinajstić information content (AvgIpc) is 2.55. The molecule has 0 radical (unpaired) electrons. The zero-order chi connectivity index (χ0) is 17.6. The van der Waals surface area contributed by atoms with Gasteiger partial charge in [0, 0.05) is 12.3 Å². The summed E-state index contributed by atoms with van der Waals surface area (Å²) in [6.07, 6.45) is 0.208. The lowest BCUT2D eigenvalue weighted by molar-refractivity contribution is -0.154. The molecule has 1 aliphatic rings. The number of halogens is 3. The van der Waals surface area contributed by atoms with Crippen LogP contribution < -0.4 is 10.1 Å². The Kier molecular flexibility index (Phi) is 5.99. The molecule has 1 atom stereocenters. The average molecular weight is 345 g/mol. The second kappa shape index (κ2) is 7.98. The first-order valence-corrected chi connectivity index (χ1v) is 7.45. The van der Waals surface area contributed by atoms with E-state index in [0.717, 1.165) is 31.4 Å². The SMILES string of the molecule is CON=C1CCCC[C@@H]1NC(=O)c1ccc(OCC(F)(F)F)nc1. The highest BCUT2D eigenvalue weighted by molar-refractivity contribution is 5.99. The topological polar surface area (TPSA) is 72.8 Å². The summed E-state index contributed by atoms with van der Waals surface area (Å²) in [6, 6.07) is 2.38. The summed E-state index contributed by atoms with van der Waals surface area (Å²) < 4.78 is 40.7. The minimum Gasteiger partial charge on any atom is -0.468 e. The number of ether oxygens (including phenoxy) is 1. The Morgan fingerprint density at radius 3 is 2.83 bits per heavy atom. The highest BCUT2D eigenvalue weighted by atomic mass is 19.4. The first-order valence-electron chi connectivity index (χ1n) is 7.45. The van der Waals surface area contributed by atoms with Crippen LogP contribution in [0.5, 0.6) is 5.88 Å². The van der Waals surface area contributed by atoms with E-state index >= 15 is 0 Å². The van der Waals surface area contributed by atoms with Gasteiger partial charge in [-0.05, 0) is 25.3 Å². The van der Waals surface area contributed by atoms with E-state index in [1.807, 2.05) is 0 Å². The molecule has 1 amide bonds. The van der Waals surface area contributed by atoms with Gasteiger partial charge in [-0.1, -0.05) is 11.6 Å². The zero-order valence-corrected chi connectivity index (χ0v) is 13.1. The highest BCUT2D eigenvalue weighted by Gasteiger charge is 2.28. The maximum atomic E-state index is 12.2. The summed E-state index contributed by atoms with van der Waals surface area (Å²) in [6.45, 7) is -1.43. The molecule has 2 rings (SSSR count). The van der Waals surface area contributed by atoms with Crippen molar-refractivity contribution in [2.45, 2.75) is 37.9 Å². The molecule has 0 aromatic carbocycles. The van der Waals surface area contributed by atoms with E-state index in [0.29, 0.717) is 0 Å². The summed E-state index contributed by atoms with van der Waals surface area (Å²) in [5.41, 5.74) is 1.01. The van der Waals surface area contributed by atoms with Crippen molar-refractivity contribution in [3.8, 4) is 5.88 Å². The van der Waals surface area contributed by atoms with Crippen molar-refractivity contribution in [1.82, 2.24) is 10.3 Å². The molecule has 0 saturated heterocycles. The Morgan fingerprint density at radius 2 is 2.21 bits per heavy atom. The Bertz CT molecular complexity index is 588. The van der Waals surface area contributed by atoms with E-state index in [9.17, 15) is 18.0 Å². The molecule has 24 heavy (non-hydrogen) atoms. The van der Waals surface area contributed by atoms with Crippen molar-refractivity contribution < 1.29 is 27.5 Å². The fourth-order valence-corrected chi connectivity index (χ4v) is 2.37. The molecule has 1 aromatic rings. The predicted molar refractivity (Wildman–Crippen MR) is 80.0 cm³/mol. The first-order chi connectivity index (χ1) is 11.4. The van der Waals surface area contributed by atoms with Crippen LogP contribution in [0.1, 0.15) is 36.0 Å². The van der Waals surface area contributed by atoms with E-state index in [-0.39, 0.29) is 23.4 Å². The monoisotopic (exact) mass is 345 g/mol. The highest BCUT2D eigenvalue weighted by Crippen LogP contribution is 2.18. The Morgan fingerprint density at radius 1 is 1.42 bits per heavy atom. The molecule has 1 heterocycles. The molecule has 1 aliphatic carbocycles. The quantitative estimate of drug-likeness (QED) is 0.833. The number of nitrogens with one attached hydrogen (secondary N) is 1. The van der Waals surface area contributed by atoms with Gasteiger partial charge in [0.15, 0.2) is 6.61 Å². The van der Waals surface area contributed by atoms with E-state index in [1.54, 1.807) is 0 Å². The largest absolute Gasteiger partial charge is 0.468 e. The lowest BCUT2D eigenvalue weighted by atomic mass is 9.93. The molecule has 9 heteroatoms. The van der Waals surface area contributed by atoms with Crippen molar-refractivity contribution in [3.05, 3.63) is 23.9 Å². The summed E-state index contributed by atoms with van der Waals surface area (Å²) in [4.78, 5) is 20.7. The lowest BCUT2D eigenvalue weighted by Crippen LogP contribution is -2.42. The van der Waals surface area contributed by atoms with Crippen molar-refractivity contribution >= 4 is 11.6 Å². The Labute approximate surface area is 137 Å². The van der Waals surface area contributed by atoms with Crippen LogP contribution in [-0.4, -0.2) is 42.5 Å². The molecule has 0 spiro atoms. The number of rotatable bonds is 5.